The van der Waals surface area contributed by atoms with Crippen LogP contribution in [0.5, 0.6) is 5.75 Å². The van der Waals surface area contributed by atoms with Crippen molar-refractivity contribution in [1.82, 2.24) is 0 Å². The minimum atomic E-state index is -1.06. The van der Waals surface area contributed by atoms with Crippen molar-refractivity contribution >= 4 is 0 Å². The van der Waals surface area contributed by atoms with E-state index in [-0.39, 0.29) is 0 Å². The molecule has 1 aromatic carbocycles. The van der Waals surface area contributed by atoms with Crippen LogP contribution in [0.4, 0.5) is 0 Å². The highest BCUT2D eigenvalue weighted by Gasteiger charge is 2.84. The van der Waals surface area contributed by atoms with E-state index in [4.69, 9.17) is 14.2 Å². The lowest BCUT2D eigenvalue weighted by Crippen LogP contribution is -2.82. The van der Waals surface area contributed by atoms with Crippen molar-refractivity contribution < 1.29 is 19.3 Å². The first-order chi connectivity index (χ1) is 9.74. The minimum absolute atomic E-state index is 0.563. The largest absolute Gasteiger partial charge is 0.497 e. The lowest BCUT2D eigenvalue weighted by atomic mass is 9.38. The van der Waals surface area contributed by atoms with Gasteiger partial charge in [0.2, 0.25) is 0 Å². The van der Waals surface area contributed by atoms with Gasteiger partial charge in [0.1, 0.15) is 11.4 Å². The van der Waals surface area contributed by atoms with E-state index in [0.717, 1.165) is 11.3 Å². The summed E-state index contributed by atoms with van der Waals surface area (Å²) in [4.78, 5) is 0. The Morgan fingerprint density at radius 1 is 1.05 bits per heavy atom. The molecule has 4 nitrogen and oxygen atoms in total. The Morgan fingerprint density at radius 3 is 2.14 bits per heavy atom. The van der Waals surface area contributed by atoms with Gasteiger partial charge in [0.15, 0.2) is 5.79 Å². The van der Waals surface area contributed by atoms with Crippen LogP contribution in [0, 0.1) is 10.8 Å². The summed E-state index contributed by atoms with van der Waals surface area (Å²) >= 11 is 0. The second-order valence-electron chi connectivity index (χ2n) is 7.01. The van der Waals surface area contributed by atoms with Crippen LogP contribution in [-0.4, -0.2) is 31.2 Å². The third kappa shape index (κ3) is 1.41. The average molecular weight is 292 g/mol. The Bertz CT molecular complexity index is 538. The maximum Gasteiger partial charge on any atom is 0.184 e. The molecule has 1 heterocycles. The van der Waals surface area contributed by atoms with Gasteiger partial charge in [-0.2, -0.15) is 0 Å². The van der Waals surface area contributed by atoms with Gasteiger partial charge in [-0.3, -0.25) is 0 Å². The van der Waals surface area contributed by atoms with Crippen LogP contribution >= 0.6 is 0 Å². The highest BCUT2D eigenvalue weighted by molar-refractivity contribution is 5.42. The van der Waals surface area contributed by atoms with Crippen molar-refractivity contribution in [1.29, 1.82) is 0 Å². The van der Waals surface area contributed by atoms with Crippen LogP contribution < -0.4 is 4.74 Å². The average Bonchev–Trinajstić information content (AvgIpc) is 2.98. The van der Waals surface area contributed by atoms with Crippen molar-refractivity contribution in [2.75, 3.05) is 20.3 Å². The predicted octanol–water partition coefficient (Wildman–Crippen LogP) is 2.69. The molecule has 0 amide bonds. The lowest BCUT2D eigenvalue weighted by Gasteiger charge is -2.73. The summed E-state index contributed by atoms with van der Waals surface area (Å²) in [7, 11) is 1.63. The van der Waals surface area contributed by atoms with Crippen molar-refractivity contribution in [2.24, 2.45) is 10.8 Å². The molecule has 0 unspecified atom stereocenters. The summed E-state index contributed by atoms with van der Waals surface area (Å²) in [5, 5.41) is 11.6. The Kier molecular flexibility index (Phi) is 2.98. The third-order valence-corrected chi connectivity index (χ3v) is 5.64. The van der Waals surface area contributed by atoms with Crippen LogP contribution in [0.25, 0.3) is 0 Å². The predicted molar refractivity (Wildman–Crippen MR) is 79.1 cm³/mol. The molecule has 116 valence electrons. The number of hydrogen-bond acceptors (Lipinski definition) is 4. The maximum absolute atomic E-state index is 11.6. The minimum Gasteiger partial charge on any atom is -0.497 e. The Hall–Kier alpha value is -1.10. The number of ether oxygens (including phenoxy) is 3. The molecular weight excluding hydrogens is 268 g/mol. The van der Waals surface area contributed by atoms with E-state index in [9.17, 15) is 5.11 Å². The first-order valence-electron chi connectivity index (χ1n) is 7.39. The van der Waals surface area contributed by atoms with Gasteiger partial charge in [-0.25, -0.2) is 0 Å². The molecule has 21 heavy (non-hydrogen) atoms. The molecule has 1 aromatic rings. The van der Waals surface area contributed by atoms with Gasteiger partial charge < -0.3 is 19.3 Å². The van der Waals surface area contributed by atoms with Crippen LogP contribution in [0.15, 0.2) is 24.3 Å². The van der Waals surface area contributed by atoms with E-state index < -0.39 is 22.2 Å². The van der Waals surface area contributed by atoms with E-state index in [0.29, 0.717) is 13.2 Å². The summed E-state index contributed by atoms with van der Waals surface area (Å²) in [6.07, 6.45) is 0. The molecule has 2 aliphatic rings. The van der Waals surface area contributed by atoms with Gasteiger partial charge in [-0.1, -0.05) is 39.8 Å². The molecule has 1 N–H and O–H groups in total. The van der Waals surface area contributed by atoms with Gasteiger partial charge in [0.25, 0.3) is 0 Å². The first kappa shape index (κ1) is 14.8. The van der Waals surface area contributed by atoms with Crippen molar-refractivity contribution in [3.05, 3.63) is 29.8 Å². The SMILES string of the molecule is COc1cccc(C2(O)C(C)(C)C3(OCCO3)C2(C)C)c1. The highest BCUT2D eigenvalue weighted by atomic mass is 16.7. The maximum atomic E-state index is 11.6. The molecule has 0 radical (unpaired) electrons. The summed E-state index contributed by atoms with van der Waals surface area (Å²) in [5.41, 5.74) is -1.35. The van der Waals surface area contributed by atoms with Crippen molar-refractivity contribution in [3.63, 3.8) is 0 Å². The van der Waals surface area contributed by atoms with Gasteiger partial charge >= 0.3 is 0 Å². The van der Waals surface area contributed by atoms with E-state index in [2.05, 4.69) is 0 Å². The highest BCUT2D eigenvalue weighted by Crippen LogP contribution is 2.75. The van der Waals surface area contributed by atoms with Gasteiger partial charge in [0.05, 0.1) is 31.2 Å². The smallest absolute Gasteiger partial charge is 0.184 e. The Balaban J connectivity index is 2.12. The zero-order valence-electron chi connectivity index (χ0n) is 13.4. The number of methoxy groups -OCH3 is 1. The summed E-state index contributed by atoms with van der Waals surface area (Å²) < 4.78 is 17.2. The molecule has 0 bridgehead atoms. The molecule has 1 spiro atoms. The standard InChI is InChI=1S/C17H24O4/c1-14(2)16(18,12-7-6-8-13(11-12)19-5)15(3,4)17(14)20-9-10-21-17/h6-8,11,18H,9-10H2,1-5H3. The van der Waals surface area contributed by atoms with Crippen LogP contribution in [0.1, 0.15) is 33.3 Å². The van der Waals surface area contributed by atoms with E-state index in [1.807, 2.05) is 52.0 Å². The summed E-state index contributed by atoms with van der Waals surface area (Å²) in [6, 6.07) is 7.61. The monoisotopic (exact) mass is 292 g/mol. The lowest BCUT2D eigenvalue weighted by molar-refractivity contribution is -0.457. The molecule has 0 atom stereocenters. The summed E-state index contributed by atoms with van der Waals surface area (Å²) in [5.74, 6) is -0.0144. The molecule has 3 rings (SSSR count). The Morgan fingerprint density at radius 2 is 1.62 bits per heavy atom. The van der Waals surface area contributed by atoms with E-state index in [1.165, 1.54) is 0 Å². The fraction of sp³-hybridized carbons (Fsp3) is 0.647. The number of rotatable bonds is 2. The molecule has 2 fully saturated rings. The number of aliphatic hydroxyl groups is 1. The second-order valence-corrected chi connectivity index (χ2v) is 7.01. The van der Waals surface area contributed by atoms with Crippen LogP contribution in [-0.2, 0) is 15.1 Å². The topological polar surface area (TPSA) is 47.9 Å². The van der Waals surface area contributed by atoms with E-state index >= 15 is 0 Å². The molecule has 1 saturated heterocycles. The summed E-state index contributed by atoms with van der Waals surface area (Å²) in [6.45, 7) is 9.15. The molecule has 1 aliphatic carbocycles. The molecule has 1 aliphatic heterocycles. The first-order valence-corrected chi connectivity index (χ1v) is 7.39. The fourth-order valence-electron chi connectivity index (χ4n) is 4.68. The van der Waals surface area contributed by atoms with Crippen molar-refractivity contribution in [3.8, 4) is 5.75 Å². The quantitative estimate of drug-likeness (QED) is 0.910. The third-order valence-electron chi connectivity index (χ3n) is 5.64. The Labute approximate surface area is 126 Å². The zero-order valence-corrected chi connectivity index (χ0v) is 13.4. The number of benzene rings is 1. The van der Waals surface area contributed by atoms with Gasteiger partial charge in [0, 0.05) is 0 Å². The second kappa shape index (κ2) is 4.22. The molecular formula is C17H24O4. The van der Waals surface area contributed by atoms with Gasteiger partial charge in [-0.15, -0.1) is 0 Å². The van der Waals surface area contributed by atoms with Gasteiger partial charge in [-0.05, 0) is 17.7 Å². The van der Waals surface area contributed by atoms with Crippen LogP contribution in [0.2, 0.25) is 0 Å². The van der Waals surface area contributed by atoms with Crippen LogP contribution in [0.3, 0.4) is 0 Å². The number of hydrogen-bond donors (Lipinski definition) is 1. The molecule has 4 heteroatoms. The zero-order chi connectivity index (χ0) is 15.5. The fourth-order valence-corrected chi connectivity index (χ4v) is 4.68. The molecule has 1 saturated carbocycles. The normalized spacial score (nSPS) is 27.3. The molecule has 0 aromatic heterocycles. The van der Waals surface area contributed by atoms with E-state index in [1.54, 1.807) is 7.11 Å². The van der Waals surface area contributed by atoms with Crippen molar-refractivity contribution in [2.45, 2.75) is 39.1 Å².